The smallest absolute Gasteiger partial charge is 0.312 e. The third-order valence-electron chi connectivity index (χ3n) is 5.18. The fraction of sp³-hybridized carbons (Fsp3) is 0.462. The summed E-state index contributed by atoms with van der Waals surface area (Å²) in [6.45, 7) is 6.08. The van der Waals surface area contributed by atoms with E-state index in [4.69, 9.17) is 9.47 Å². The molecule has 0 amide bonds. The van der Waals surface area contributed by atoms with Crippen molar-refractivity contribution in [3.8, 4) is 11.5 Å². The maximum Gasteiger partial charge on any atom is 0.312 e. The molecule has 6 nitrogen and oxygen atoms in total. The fourth-order valence-electron chi connectivity index (χ4n) is 3.28. The van der Waals surface area contributed by atoms with E-state index in [9.17, 15) is 44.7 Å². The monoisotopic (exact) mass is 586 g/mol. The number of hydrogen-bond donors (Lipinski definition) is 0. The molecule has 222 valence electrons. The molecule has 0 fully saturated rings. The Balaban J connectivity index is 1.76. The van der Waals surface area contributed by atoms with Crippen molar-refractivity contribution in [1.82, 2.24) is 0 Å². The molecule has 0 bridgehead atoms. The van der Waals surface area contributed by atoms with Crippen LogP contribution >= 0.6 is 0 Å². The first-order valence-corrected chi connectivity index (χ1v) is 11.7. The molecule has 2 rings (SSSR count). The molecule has 0 spiro atoms. The Morgan fingerprint density at radius 1 is 0.575 bits per heavy atom. The Hall–Kier alpha value is -3.26. The molecule has 40 heavy (non-hydrogen) atoms. The van der Waals surface area contributed by atoms with Crippen LogP contribution in [0.15, 0.2) is 12.1 Å². The standard InChI is InChI=1S/C26H26F8O6/c1-25(2,9-17(35)39-23-19(31)13(27)7-14(28)20(23)32)11-37-5-6-38-12-26(3,4)10-18(36)40-24-21(33)15(29)8-16(30)22(24)34/h7-8H,5-6,9-12H2,1-4H3. The van der Waals surface area contributed by atoms with Gasteiger partial charge in [-0.2, -0.15) is 17.6 Å². The summed E-state index contributed by atoms with van der Waals surface area (Å²) >= 11 is 0. The zero-order valence-corrected chi connectivity index (χ0v) is 21.9. The number of halogens is 8. The van der Waals surface area contributed by atoms with Gasteiger partial charge in [-0.05, 0) is 10.8 Å². The van der Waals surface area contributed by atoms with Crippen LogP contribution in [0.1, 0.15) is 40.5 Å². The number of carbonyl (C=O) groups is 2. The summed E-state index contributed by atoms with van der Waals surface area (Å²) in [7, 11) is 0. The molecule has 0 radical (unpaired) electrons. The van der Waals surface area contributed by atoms with Gasteiger partial charge in [-0.25, -0.2) is 17.6 Å². The van der Waals surface area contributed by atoms with Crippen LogP contribution in [0.5, 0.6) is 11.5 Å². The maximum atomic E-state index is 13.7. The lowest BCUT2D eigenvalue weighted by Gasteiger charge is -2.25. The Bertz CT molecular complexity index is 1100. The molecule has 2 aromatic rings. The van der Waals surface area contributed by atoms with Crippen LogP contribution in [0, 0.1) is 57.4 Å². The first-order valence-electron chi connectivity index (χ1n) is 11.7. The van der Waals surface area contributed by atoms with Gasteiger partial charge in [-0.15, -0.1) is 0 Å². The Morgan fingerprint density at radius 2 is 0.850 bits per heavy atom. The minimum Gasteiger partial charge on any atom is -0.420 e. The predicted octanol–water partition coefficient (Wildman–Crippen LogP) is 6.18. The lowest BCUT2D eigenvalue weighted by atomic mass is 9.90. The molecule has 0 atom stereocenters. The Kier molecular flexibility index (Phi) is 11.0. The third-order valence-corrected chi connectivity index (χ3v) is 5.18. The van der Waals surface area contributed by atoms with Crippen molar-refractivity contribution in [2.75, 3.05) is 26.4 Å². The summed E-state index contributed by atoms with van der Waals surface area (Å²) in [5, 5.41) is 0. The molecular weight excluding hydrogens is 560 g/mol. The summed E-state index contributed by atoms with van der Waals surface area (Å²) in [5.41, 5.74) is -1.86. The summed E-state index contributed by atoms with van der Waals surface area (Å²) in [4.78, 5) is 24.2. The minimum absolute atomic E-state index is 0.00361. The van der Waals surface area contributed by atoms with Crippen LogP contribution in [0.4, 0.5) is 35.1 Å². The van der Waals surface area contributed by atoms with Crippen molar-refractivity contribution in [1.29, 1.82) is 0 Å². The zero-order chi connectivity index (χ0) is 30.4. The van der Waals surface area contributed by atoms with Gasteiger partial charge in [0.1, 0.15) is 0 Å². The van der Waals surface area contributed by atoms with Gasteiger partial charge in [-0.1, -0.05) is 27.7 Å². The number of benzene rings is 2. The highest BCUT2D eigenvalue weighted by atomic mass is 19.2. The van der Waals surface area contributed by atoms with Crippen molar-refractivity contribution in [2.45, 2.75) is 40.5 Å². The van der Waals surface area contributed by atoms with E-state index in [-0.39, 0.29) is 38.6 Å². The average molecular weight is 586 g/mol. The molecular formula is C26H26F8O6. The highest BCUT2D eigenvalue weighted by Crippen LogP contribution is 2.30. The van der Waals surface area contributed by atoms with Crippen molar-refractivity contribution in [3.63, 3.8) is 0 Å². The van der Waals surface area contributed by atoms with E-state index in [0.29, 0.717) is 0 Å². The second kappa shape index (κ2) is 13.4. The molecule has 14 heteroatoms. The molecule has 2 aromatic carbocycles. The van der Waals surface area contributed by atoms with Gasteiger partial charge in [0, 0.05) is 12.1 Å². The molecule has 0 aliphatic heterocycles. The first kappa shape index (κ1) is 32.9. The number of esters is 2. The van der Waals surface area contributed by atoms with Crippen LogP contribution in [0.25, 0.3) is 0 Å². The van der Waals surface area contributed by atoms with E-state index in [1.165, 1.54) is 0 Å². The highest BCUT2D eigenvalue weighted by Gasteiger charge is 2.29. The highest BCUT2D eigenvalue weighted by molar-refractivity contribution is 5.73. The van der Waals surface area contributed by atoms with Gasteiger partial charge in [0.25, 0.3) is 0 Å². The van der Waals surface area contributed by atoms with Crippen molar-refractivity contribution >= 4 is 11.9 Å². The van der Waals surface area contributed by atoms with Crippen LogP contribution in [0.2, 0.25) is 0 Å². The van der Waals surface area contributed by atoms with Crippen molar-refractivity contribution in [3.05, 3.63) is 58.7 Å². The molecule has 0 heterocycles. The molecule has 0 aliphatic carbocycles. The van der Waals surface area contributed by atoms with Gasteiger partial charge in [0.15, 0.2) is 23.3 Å². The Morgan fingerprint density at radius 3 is 1.12 bits per heavy atom. The number of ether oxygens (including phenoxy) is 4. The van der Waals surface area contributed by atoms with Crippen molar-refractivity contribution in [2.24, 2.45) is 10.8 Å². The second-order valence-electron chi connectivity index (χ2n) is 10.3. The predicted molar refractivity (Wildman–Crippen MR) is 122 cm³/mol. The van der Waals surface area contributed by atoms with Crippen molar-refractivity contribution < 1.29 is 63.7 Å². The molecule has 0 aliphatic rings. The van der Waals surface area contributed by atoms with E-state index in [2.05, 4.69) is 9.47 Å². The number of carbonyl (C=O) groups excluding carboxylic acids is 2. The van der Waals surface area contributed by atoms with Crippen LogP contribution in [-0.4, -0.2) is 38.4 Å². The third kappa shape index (κ3) is 9.15. The lowest BCUT2D eigenvalue weighted by Crippen LogP contribution is -2.28. The van der Waals surface area contributed by atoms with E-state index >= 15 is 0 Å². The summed E-state index contributed by atoms with van der Waals surface area (Å²) in [6.07, 6.45) is -0.868. The summed E-state index contributed by atoms with van der Waals surface area (Å²) in [5.74, 6) is -19.6. The van der Waals surface area contributed by atoms with Gasteiger partial charge in [0.05, 0.1) is 39.3 Å². The molecule has 0 unspecified atom stereocenters. The summed E-state index contributed by atoms with van der Waals surface area (Å²) in [6, 6.07) is -0.0434. The van der Waals surface area contributed by atoms with Gasteiger partial charge < -0.3 is 18.9 Å². The van der Waals surface area contributed by atoms with Gasteiger partial charge in [0.2, 0.25) is 34.8 Å². The second-order valence-corrected chi connectivity index (χ2v) is 10.3. The van der Waals surface area contributed by atoms with Gasteiger partial charge in [-0.3, -0.25) is 9.59 Å². The molecule has 0 aromatic heterocycles. The average Bonchev–Trinajstić information content (AvgIpc) is 2.83. The number of hydrogen-bond acceptors (Lipinski definition) is 6. The van der Waals surface area contributed by atoms with Crippen LogP contribution in [-0.2, 0) is 19.1 Å². The quantitative estimate of drug-likeness (QED) is 0.0919. The van der Waals surface area contributed by atoms with E-state index in [0.717, 1.165) is 0 Å². The van der Waals surface area contributed by atoms with Crippen LogP contribution < -0.4 is 9.47 Å². The molecule has 0 N–H and O–H groups in total. The normalized spacial score (nSPS) is 12.0. The minimum atomic E-state index is -1.85. The SMILES string of the molecule is CC(C)(COCCOCC(C)(C)CC(=O)Oc1c(F)c(F)cc(F)c1F)CC(=O)Oc1c(F)c(F)cc(F)c1F. The van der Waals surface area contributed by atoms with E-state index < -0.39 is 93.6 Å². The fourth-order valence-corrected chi connectivity index (χ4v) is 3.28. The van der Waals surface area contributed by atoms with E-state index in [1.54, 1.807) is 27.7 Å². The lowest BCUT2D eigenvalue weighted by molar-refractivity contribution is -0.139. The maximum absolute atomic E-state index is 13.7. The Labute approximate surface area is 224 Å². The zero-order valence-electron chi connectivity index (χ0n) is 21.9. The van der Waals surface area contributed by atoms with Crippen LogP contribution in [0.3, 0.4) is 0 Å². The van der Waals surface area contributed by atoms with Gasteiger partial charge >= 0.3 is 11.9 Å². The molecule has 0 saturated carbocycles. The first-order chi connectivity index (χ1) is 18.4. The topological polar surface area (TPSA) is 71.1 Å². The largest absolute Gasteiger partial charge is 0.420 e. The molecule has 0 saturated heterocycles. The summed E-state index contributed by atoms with van der Waals surface area (Å²) < 4.78 is 128. The number of rotatable bonds is 13. The van der Waals surface area contributed by atoms with E-state index in [1.807, 2.05) is 0 Å².